The number of benzene rings is 1. The molecule has 5 atom stereocenters. The van der Waals surface area contributed by atoms with E-state index >= 15 is 0 Å². The molecule has 2 heterocycles. The average molecular weight is 523 g/mol. The number of hydrogen-bond acceptors (Lipinski definition) is 11. The van der Waals surface area contributed by atoms with Crippen LogP contribution in [0.1, 0.15) is 26.5 Å². The largest absolute Gasteiger partial charge is 0.491 e. The number of halogens is 1. The van der Waals surface area contributed by atoms with Crippen molar-refractivity contribution in [3.05, 3.63) is 42.2 Å². The van der Waals surface area contributed by atoms with Gasteiger partial charge in [-0.05, 0) is 30.3 Å². The zero-order valence-electron chi connectivity index (χ0n) is 20.2. The Morgan fingerprint density at radius 3 is 2.11 bits per heavy atom. The van der Waals surface area contributed by atoms with E-state index < -0.39 is 48.6 Å². The molecule has 0 N–H and O–H groups in total. The molecule has 12 heteroatoms. The predicted octanol–water partition coefficient (Wildman–Crippen LogP) is 2.43. The van der Waals surface area contributed by atoms with E-state index in [2.05, 4.69) is 9.97 Å². The molecule has 0 radical (unpaired) electrons. The lowest BCUT2D eigenvalue weighted by molar-refractivity contribution is -0.301. The summed E-state index contributed by atoms with van der Waals surface area (Å²) >= 11 is 5.85. The Morgan fingerprint density at radius 2 is 1.53 bits per heavy atom. The van der Waals surface area contributed by atoms with Crippen LogP contribution in [-0.4, -0.2) is 72.3 Å². The highest BCUT2D eigenvalue weighted by molar-refractivity contribution is 6.16. The Bertz CT molecular complexity index is 1070. The Morgan fingerprint density at radius 1 is 0.917 bits per heavy atom. The molecule has 194 valence electrons. The summed E-state index contributed by atoms with van der Waals surface area (Å²) in [7, 11) is 1.34. The van der Waals surface area contributed by atoms with Crippen LogP contribution in [0, 0.1) is 0 Å². The second kappa shape index (κ2) is 12.6. The molecular weight excluding hydrogens is 496 g/mol. The molecule has 0 bridgehead atoms. The number of esters is 3. The van der Waals surface area contributed by atoms with E-state index in [0.717, 1.165) is 5.56 Å². The summed E-state index contributed by atoms with van der Waals surface area (Å²) in [6.45, 7) is 3.48. The number of methoxy groups -OCH3 is 1. The molecule has 1 aromatic carbocycles. The molecule has 1 fully saturated rings. The average Bonchev–Trinajstić information content (AvgIpc) is 2.85. The lowest BCUT2D eigenvalue weighted by atomic mass is 9.98. The minimum Gasteiger partial charge on any atom is -0.491 e. The van der Waals surface area contributed by atoms with Crippen LogP contribution in [0.25, 0.3) is 11.4 Å². The zero-order valence-corrected chi connectivity index (χ0v) is 21.0. The molecule has 36 heavy (non-hydrogen) atoms. The Labute approximate surface area is 213 Å². The first-order chi connectivity index (χ1) is 17.2. The molecule has 0 saturated carbocycles. The van der Waals surface area contributed by atoms with Crippen LogP contribution in [-0.2, 0) is 43.9 Å². The van der Waals surface area contributed by atoms with Gasteiger partial charge in [0.15, 0.2) is 30.4 Å². The van der Waals surface area contributed by atoms with Gasteiger partial charge < -0.3 is 28.4 Å². The van der Waals surface area contributed by atoms with Gasteiger partial charge in [0.1, 0.15) is 18.5 Å². The number of ether oxygens (including phenoxy) is 6. The summed E-state index contributed by atoms with van der Waals surface area (Å²) < 4.78 is 33.2. The topological polar surface area (TPSA) is 132 Å². The first kappa shape index (κ1) is 27.3. The van der Waals surface area contributed by atoms with Crippen molar-refractivity contribution in [2.45, 2.75) is 57.4 Å². The van der Waals surface area contributed by atoms with Crippen molar-refractivity contribution in [2.24, 2.45) is 0 Å². The maximum absolute atomic E-state index is 11.8. The van der Waals surface area contributed by atoms with Gasteiger partial charge in [-0.1, -0.05) is 0 Å². The third-order valence-corrected chi connectivity index (χ3v) is 5.38. The molecule has 1 aliphatic heterocycles. The third kappa shape index (κ3) is 7.12. The van der Waals surface area contributed by atoms with Crippen LogP contribution < -0.4 is 4.74 Å². The molecule has 2 aromatic rings. The minimum atomic E-state index is -1.18. The quantitative estimate of drug-likeness (QED) is 0.273. The van der Waals surface area contributed by atoms with Crippen molar-refractivity contribution in [3.8, 4) is 17.1 Å². The molecule has 0 spiro atoms. The summed E-state index contributed by atoms with van der Waals surface area (Å²) in [5.74, 6) is -0.684. The maximum Gasteiger partial charge on any atom is 0.303 e. The van der Waals surface area contributed by atoms with Crippen LogP contribution in [0.4, 0.5) is 0 Å². The van der Waals surface area contributed by atoms with Gasteiger partial charge in [0.05, 0.1) is 11.6 Å². The van der Waals surface area contributed by atoms with Crippen LogP contribution in [0.15, 0.2) is 36.5 Å². The van der Waals surface area contributed by atoms with E-state index in [1.165, 1.54) is 27.9 Å². The molecule has 0 amide bonds. The Hall–Kier alpha value is -3.28. The number of rotatable bonds is 9. The van der Waals surface area contributed by atoms with Gasteiger partial charge in [-0.15, -0.1) is 11.6 Å². The lowest BCUT2D eigenvalue weighted by Gasteiger charge is -2.43. The van der Waals surface area contributed by atoms with Gasteiger partial charge in [0.25, 0.3) is 0 Å². The number of alkyl halides is 1. The molecule has 0 unspecified atom stereocenters. The summed E-state index contributed by atoms with van der Waals surface area (Å²) in [6, 6.07) is 8.73. The van der Waals surface area contributed by atoms with Crippen molar-refractivity contribution in [3.63, 3.8) is 0 Å². The van der Waals surface area contributed by atoms with Gasteiger partial charge >= 0.3 is 17.9 Å². The van der Waals surface area contributed by atoms with Crippen LogP contribution in [0.5, 0.6) is 5.75 Å². The van der Waals surface area contributed by atoms with Crippen LogP contribution >= 0.6 is 11.6 Å². The SMILES string of the molecule is CO[C@H]1O[C@H](COc2ccc(-c3nccc(CCl)n3)cc2)[C@@H](OC(C)=O)[C@H](OC(C)=O)[C@H]1OC(C)=O. The van der Waals surface area contributed by atoms with Gasteiger partial charge in [-0.25, -0.2) is 9.97 Å². The van der Waals surface area contributed by atoms with Crippen molar-refractivity contribution >= 4 is 29.5 Å². The molecule has 11 nitrogen and oxygen atoms in total. The molecular formula is C24H27ClN2O9. The number of carbonyl (C=O) groups is 3. The Kier molecular flexibility index (Phi) is 9.57. The van der Waals surface area contributed by atoms with Crippen molar-refractivity contribution < 1.29 is 42.8 Å². The maximum atomic E-state index is 11.8. The molecule has 1 aromatic heterocycles. The second-order valence-electron chi connectivity index (χ2n) is 7.84. The van der Waals surface area contributed by atoms with E-state index in [1.54, 1.807) is 36.5 Å². The zero-order chi connectivity index (χ0) is 26.2. The third-order valence-electron chi connectivity index (χ3n) is 5.11. The number of aromatic nitrogens is 2. The highest BCUT2D eigenvalue weighted by Gasteiger charge is 2.52. The van der Waals surface area contributed by atoms with Crippen molar-refractivity contribution in [2.75, 3.05) is 13.7 Å². The second-order valence-corrected chi connectivity index (χ2v) is 8.11. The lowest BCUT2D eigenvalue weighted by Crippen LogP contribution is -2.62. The van der Waals surface area contributed by atoms with E-state index in [4.69, 9.17) is 40.0 Å². The monoisotopic (exact) mass is 522 g/mol. The number of hydrogen-bond donors (Lipinski definition) is 0. The molecule has 1 saturated heterocycles. The van der Waals surface area contributed by atoms with Gasteiger partial charge in [-0.2, -0.15) is 0 Å². The van der Waals surface area contributed by atoms with Gasteiger partial charge in [-0.3, -0.25) is 14.4 Å². The molecule has 1 aliphatic rings. The molecule has 3 rings (SSSR count). The summed E-state index contributed by atoms with van der Waals surface area (Å²) in [4.78, 5) is 44.0. The summed E-state index contributed by atoms with van der Waals surface area (Å²) in [5.41, 5.74) is 1.47. The predicted molar refractivity (Wildman–Crippen MR) is 125 cm³/mol. The highest BCUT2D eigenvalue weighted by atomic mass is 35.5. The van der Waals surface area contributed by atoms with E-state index in [0.29, 0.717) is 17.3 Å². The summed E-state index contributed by atoms with van der Waals surface area (Å²) in [5, 5.41) is 0. The fraction of sp³-hybridized carbons (Fsp3) is 0.458. The van der Waals surface area contributed by atoms with E-state index in [9.17, 15) is 14.4 Å². The minimum absolute atomic E-state index is 0.0973. The Balaban J connectivity index is 1.79. The van der Waals surface area contributed by atoms with Crippen LogP contribution in [0.2, 0.25) is 0 Å². The molecule has 0 aliphatic carbocycles. The smallest absolute Gasteiger partial charge is 0.303 e. The van der Waals surface area contributed by atoms with Crippen LogP contribution in [0.3, 0.4) is 0 Å². The standard InChI is InChI=1S/C24H27ClN2O9/c1-13(28)33-20-19(36-24(31-4)22(35-15(3)30)21(20)34-14(2)29)12-32-18-7-5-16(6-8-18)23-26-10-9-17(11-25)27-23/h5-10,19-22,24H,11-12H2,1-4H3/t19-,20-,21+,22-,24+/m1/s1. The van der Waals surface area contributed by atoms with E-state index in [1.807, 2.05) is 0 Å². The normalized spacial score (nSPS) is 23.4. The number of nitrogens with zero attached hydrogens (tertiary/aromatic N) is 2. The number of carbonyl (C=O) groups excluding carboxylic acids is 3. The first-order valence-electron chi connectivity index (χ1n) is 11.0. The fourth-order valence-corrected chi connectivity index (χ4v) is 3.82. The van der Waals surface area contributed by atoms with Gasteiger partial charge in [0, 0.05) is 39.6 Å². The highest BCUT2D eigenvalue weighted by Crippen LogP contribution is 2.30. The summed E-state index contributed by atoms with van der Waals surface area (Å²) in [6.07, 6.45) is -3.87. The van der Waals surface area contributed by atoms with Crippen molar-refractivity contribution in [1.82, 2.24) is 9.97 Å². The van der Waals surface area contributed by atoms with Gasteiger partial charge in [0.2, 0.25) is 0 Å². The van der Waals surface area contributed by atoms with Crippen molar-refractivity contribution in [1.29, 1.82) is 0 Å². The first-order valence-corrected chi connectivity index (χ1v) is 11.6. The van der Waals surface area contributed by atoms with E-state index in [-0.39, 0.29) is 12.5 Å². The fourth-order valence-electron chi connectivity index (χ4n) is 3.67.